The summed E-state index contributed by atoms with van der Waals surface area (Å²) in [5, 5.41) is 82.3. The normalized spacial score (nSPS) is 36.2. The van der Waals surface area contributed by atoms with Crippen LogP contribution in [-0.4, -0.2) is 111 Å². The van der Waals surface area contributed by atoms with Crippen molar-refractivity contribution in [3.8, 4) is 11.5 Å². The van der Waals surface area contributed by atoms with Crippen molar-refractivity contribution in [2.45, 2.75) is 151 Å². The van der Waals surface area contributed by atoms with Gasteiger partial charge in [0.25, 0.3) is 5.79 Å². The molecule has 10 atom stereocenters. The van der Waals surface area contributed by atoms with Gasteiger partial charge in [0.1, 0.15) is 29.5 Å². The summed E-state index contributed by atoms with van der Waals surface area (Å²) in [6, 6.07) is 8.41. The highest BCUT2D eigenvalue weighted by atomic mass is 16.7. The number of carbonyl (C=O) groups excluding carboxylic acids is 2. The number of aromatic nitrogens is 4. The minimum Gasteiger partial charge on any atom is -0.507 e. The van der Waals surface area contributed by atoms with E-state index in [4.69, 9.17) is 14.5 Å². The standard InChI is InChI=1S/C57H59N5O10/c1-27-14-33-40(37(63)15-27)46(66)42-38-18-31-30(41(42)45(33)65)6-13-59-50(31)60-23-39(64)55-25-53(9-4-5-10-53)20-35(55)32-17-28(16-29-22-58-26-61-29)62-44(32)34-19-56(71-38)48(68)47(67)49(69)57(72-56)43(34)36(55)21-54(51(57)70)12-11-52(24-54)7-2-3-8-52/h6,13-15,17-19,22,26,35,39,47-49,51,62-64,67-70H,2-5,7-12,16,20-21,23-25H2,1H3,(H,58,61)(H,59,60)/t35-,39-,47+,48+,49-,51+,54+,55-,56+,57-/m0/s1. The SMILES string of the molecule is Cc1cc(O)c2c(c1)C(=O)c1c(c3cc4c(nccc14)NC[C@H](O)[C@@]14CC5(CCCC5)C[C@H]1c1cc(Cc5cnc[nH]5)[nH]c1C1=C[C@@]5(O3)O[C@@]3(C1=C4C[C@@]1(CCC4(CCCC4)C1)[C@H]3O)[C@@H](O)[C@H](O)[C@H]5O)C2=O. The molecule has 0 unspecified atom stereocenters. The molecule has 15 nitrogen and oxygen atoms in total. The zero-order valence-corrected chi connectivity index (χ0v) is 40.2. The van der Waals surface area contributed by atoms with Crippen molar-refractivity contribution in [3.63, 3.8) is 0 Å². The van der Waals surface area contributed by atoms with Crippen LogP contribution in [-0.2, 0) is 11.2 Å². The number of anilines is 1. The molecule has 5 aromatic rings. The Morgan fingerprint density at radius 1 is 0.833 bits per heavy atom. The van der Waals surface area contributed by atoms with E-state index in [-0.39, 0.29) is 57.0 Å². The molecule has 7 heterocycles. The zero-order valence-electron chi connectivity index (χ0n) is 40.2. The first-order chi connectivity index (χ1) is 34.6. The summed E-state index contributed by atoms with van der Waals surface area (Å²) in [5.41, 5.74) is 1.25. The van der Waals surface area contributed by atoms with Crippen LogP contribution in [0.25, 0.3) is 16.3 Å². The molecule has 372 valence electrons. The number of aliphatic hydroxyl groups is 5. The number of aryl methyl sites for hydroxylation is 1. The number of pyridine rings is 1. The first-order valence-electron chi connectivity index (χ1n) is 26.2. The smallest absolute Gasteiger partial charge is 0.261 e. The molecule has 6 spiro atoms. The third-order valence-electron chi connectivity index (χ3n) is 20.4. The van der Waals surface area contributed by atoms with Gasteiger partial charge in [0.15, 0.2) is 17.5 Å². The number of nitrogens with one attached hydrogen (secondary N) is 3. The van der Waals surface area contributed by atoms with Crippen molar-refractivity contribution in [1.29, 1.82) is 0 Å². The molecule has 3 aromatic heterocycles. The minimum atomic E-state index is -2.43. The van der Waals surface area contributed by atoms with E-state index in [0.717, 1.165) is 86.7 Å². The number of aromatic amines is 2. The van der Waals surface area contributed by atoms with E-state index < -0.39 is 64.3 Å². The molecule has 9 N–H and O–H groups in total. The third kappa shape index (κ3) is 5.36. The van der Waals surface area contributed by atoms with Gasteiger partial charge in [0, 0.05) is 75.4 Å². The van der Waals surface area contributed by atoms with Crippen molar-refractivity contribution in [3.05, 3.63) is 117 Å². The second-order valence-corrected chi connectivity index (χ2v) is 24.0. The maximum absolute atomic E-state index is 15.2. The Bertz CT molecular complexity index is 3310. The Hall–Kier alpha value is -5.68. The van der Waals surface area contributed by atoms with E-state index in [9.17, 15) is 30.6 Å². The second kappa shape index (κ2) is 14.3. The van der Waals surface area contributed by atoms with Gasteiger partial charge in [-0.1, -0.05) is 31.3 Å². The summed E-state index contributed by atoms with van der Waals surface area (Å²) in [5.74, 6) is -4.22. The fourth-order valence-electron chi connectivity index (χ4n) is 17.5. The number of imidazole rings is 1. The molecule has 11 aliphatic rings. The first kappa shape index (κ1) is 43.9. The quantitative estimate of drug-likeness (QED) is 0.0878. The highest BCUT2D eigenvalue weighted by Gasteiger charge is 2.77. The predicted molar refractivity (Wildman–Crippen MR) is 261 cm³/mol. The van der Waals surface area contributed by atoms with E-state index >= 15 is 9.59 Å². The molecule has 5 fully saturated rings. The Balaban J connectivity index is 1.07. The molecule has 1 saturated heterocycles. The van der Waals surface area contributed by atoms with Crippen LogP contribution in [0.1, 0.15) is 156 Å². The molecule has 2 aromatic carbocycles. The Morgan fingerprint density at radius 3 is 2.40 bits per heavy atom. The first-order valence-corrected chi connectivity index (χ1v) is 26.2. The summed E-state index contributed by atoms with van der Waals surface area (Å²) in [4.78, 5) is 46.5. The van der Waals surface area contributed by atoms with Crippen molar-refractivity contribution in [2.24, 2.45) is 21.7 Å². The number of ketones is 2. The topological polar surface area (TPSA) is 243 Å². The van der Waals surface area contributed by atoms with Gasteiger partial charge >= 0.3 is 0 Å². The number of aromatic hydroxyl groups is 1. The lowest BCUT2D eigenvalue weighted by atomic mass is 9.50. The summed E-state index contributed by atoms with van der Waals surface area (Å²) < 4.78 is 14.7. The Morgan fingerprint density at radius 2 is 1.62 bits per heavy atom. The lowest BCUT2D eigenvalue weighted by Gasteiger charge is -2.64. The van der Waals surface area contributed by atoms with Crippen molar-refractivity contribution < 1.29 is 49.7 Å². The zero-order chi connectivity index (χ0) is 49.1. The van der Waals surface area contributed by atoms with Crippen LogP contribution < -0.4 is 10.1 Å². The van der Waals surface area contributed by atoms with Crippen molar-refractivity contribution >= 4 is 33.7 Å². The van der Waals surface area contributed by atoms with E-state index in [1.54, 1.807) is 49.9 Å². The number of phenols is 1. The highest BCUT2D eigenvalue weighted by molar-refractivity contribution is 6.34. The van der Waals surface area contributed by atoms with Gasteiger partial charge in [0.2, 0.25) is 5.78 Å². The van der Waals surface area contributed by atoms with Gasteiger partial charge < -0.3 is 55.4 Å². The molecule has 4 saturated carbocycles. The third-order valence-corrected chi connectivity index (χ3v) is 20.4. The number of fused-ring (bicyclic) bond motifs is 7. The number of ether oxygens (including phenoxy) is 2. The van der Waals surface area contributed by atoms with E-state index in [1.165, 1.54) is 6.07 Å². The molecule has 8 bridgehead atoms. The molecule has 7 aliphatic carbocycles. The molecule has 15 heteroatoms. The molecule has 16 rings (SSSR count). The molecule has 0 radical (unpaired) electrons. The lowest BCUT2D eigenvalue weighted by molar-refractivity contribution is -0.366. The summed E-state index contributed by atoms with van der Waals surface area (Å²) in [6.45, 7) is 1.75. The highest BCUT2D eigenvalue weighted by Crippen LogP contribution is 2.76. The van der Waals surface area contributed by atoms with Gasteiger partial charge in [-0.3, -0.25) is 9.59 Å². The number of carbonyl (C=O) groups is 2. The molecule has 72 heavy (non-hydrogen) atoms. The van der Waals surface area contributed by atoms with Crippen molar-refractivity contribution in [2.75, 3.05) is 11.9 Å². The number of aliphatic hydroxyl groups excluding tert-OH is 5. The van der Waals surface area contributed by atoms with E-state index in [1.807, 2.05) is 0 Å². The summed E-state index contributed by atoms with van der Waals surface area (Å²) >= 11 is 0. The van der Waals surface area contributed by atoms with E-state index in [2.05, 4.69) is 26.3 Å². The average Bonchev–Trinajstić information content (AvgIpc) is 4.25. The summed E-state index contributed by atoms with van der Waals surface area (Å²) in [7, 11) is 0. The number of nitrogens with zero attached hydrogens (tertiary/aromatic N) is 2. The number of hydrogen-bond donors (Lipinski definition) is 9. The monoisotopic (exact) mass is 973 g/mol. The molecular formula is C57H59N5O10. The van der Waals surface area contributed by atoms with Gasteiger partial charge in [-0.2, -0.15) is 0 Å². The largest absolute Gasteiger partial charge is 0.507 e. The Labute approximate surface area is 414 Å². The molecular weight excluding hydrogens is 915 g/mol. The van der Waals surface area contributed by atoms with Crippen LogP contribution >= 0.6 is 0 Å². The minimum absolute atomic E-state index is 0.0117. The van der Waals surface area contributed by atoms with Crippen molar-refractivity contribution in [1.82, 2.24) is 19.9 Å². The predicted octanol–water partition coefficient (Wildman–Crippen LogP) is 6.71. The number of benzene rings is 2. The number of phenolic OH excluding ortho intramolecular Hbond substituents is 1. The van der Waals surface area contributed by atoms with Crippen LogP contribution in [0.3, 0.4) is 0 Å². The molecule has 4 aliphatic heterocycles. The number of hydrogen-bond acceptors (Lipinski definition) is 13. The van der Waals surface area contributed by atoms with Gasteiger partial charge in [-0.25, -0.2) is 9.97 Å². The Kier molecular flexibility index (Phi) is 8.73. The number of H-pyrrole nitrogens is 2. The van der Waals surface area contributed by atoms with Gasteiger partial charge in [-0.15, -0.1) is 0 Å². The van der Waals surface area contributed by atoms with Crippen LogP contribution in [0.2, 0.25) is 0 Å². The molecule has 0 amide bonds. The fraction of sp³-hybridized carbons (Fsp3) is 0.509. The van der Waals surface area contributed by atoms with E-state index in [0.29, 0.717) is 71.1 Å². The van der Waals surface area contributed by atoms with Crippen LogP contribution in [0.4, 0.5) is 5.82 Å². The average molecular weight is 974 g/mol. The van der Waals surface area contributed by atoms with Gasteiger partial charge in [0.05, 0.1) is 29.7 Å². The van der Waals surface area contributed by atoms with Crippen LogP contribution in [0, 0.1) is 28.6 Å². The number of rotatable bonds is 2. The van der Waals surface area contributed by atoms with Crippen LogP contribution in [0.15, 0.2) is 66.3 Å². The van der Waals surface area contributed by atoms with Crippen LogP contribution in [0.5, 0.6) is 11.5 Å². The van der Waals surface area contributed by atoms with Gasteiger partial charge in [-0.05, 0) is 146 Å². The maximum Gasteiger partial charge on any atom is 0.261 e. The maximum atomic E-state index is 15.2. The summed E-state index contributed by atoms with van der Waals surface area (Å²) in [6.07, 6.45) is 11.0. The second-order valence-electron chi connectivity index (χ2n) is 24.0. The lowest BCUT2D eigenvalue weighted by Crippen LogP contribution is -2.79. The fourth-order valence-corrected chi connectivity index (χ4v) is 17.5.